The van der Waals surface area contributed by atoms with Gasteiger partial charge in [-0.25, -0.2) is 0 Å². The largest absolute Gasteiger partial charge is 0.406 e. The molecule has 0 saturated heterocycles. The molecule has 0 aliphatic carbocycles. The van der Waals surface area contributed by atoms with Crippen LogP contribution in [-0.2, 0) is 6.54 Å². The molecule has 5 nitrogen and oxygen atoms in total. The van der Waals surface area contributed by atoms with Crippen LogP contribution in [0.3, 0.4) is 0 Å². The Bertz CT molecular complexity index is 568. The van der Waals surface area contributed by atoms with Crippen molar-refractivity contribution >= 4 is 27.6 Å². The number of hydrogen-bond acceptors (Lipinski definition) is 5. The quantitative estimate of drug-likeness (QED) is 0.841. The lowest BCUT2D eigenvalue weighted by Crippen LogP contribution is -2.19. The van der Waals surface area contributed by atoms with E-state index in [1.165, 1.54) is 0 Å². The topological polar surface area (TPSA) is 63.0 Å². The van der Waals surface area contributed by atoms with Crippen LogP contribution in [-0.4, -0.2) is 16.7 Å². The first kappa shape index (κ1) is 15.0. The Kier molecular flexibility index (Phi) is 5.14. The lowest BCUT2D eigenvalue weighted by Gasteiger charge is -2.04. The highest BCUT2D eigenvalue weighted by Crippen LogP contribution is 2.22. The van der Waals surface area contributed by atoms with Gasteiger partial charge in [-0.3, -0.25) is 0 Å². The number of hydrogen-bond donors (Lipinski definition) is 2. The fraction of sp³-hybridized carbons (Fsp3) is 0.429. The SMILES string of the molecule is Cc1cc(Nc2nnc(CNCC(C)C)o2)ccc1Br. The van der Waals surface area contributed by atoms with Crippen LogP contribution < -0.4 is 10.6 Å². The van der Waals surface area contributed by atoms with E-state index in [2.05, 4.69) is 50.6 Å². The van der Waals surface area contributed by atoms with Crippen molar-refractivity contribution in [2.24, 2.45) is 5.92 Å². The summed E-state index contributed by atoms with van der Waals surface area (Å²) in [7, 11) is 0. The van der Waals surface area contributed by atoms with Crippen LogP contribution in [0.4, 0.5) is 11.7 Å². The summed E-state index contributed by atoms with van der Waals surface area (Å²) in [5.41, 5.74) is 2.07. The van der Waals surface area contributed by atoms with Gasteiger partial charge in [0.05, 0.1) is 6.54 Å². The highest BCUT2D eigenvalue weighted by Gasteiger charge is 2.07. The van der Waals surface area contributed by atoms with Gasteiger partial charge >= 0.3 is 6.01 Å². The van der Waals surface area contributed by atoms with E-state index in [9.17, 15) is 0 Å². The van der Waals surface area contributed by atoms with Crippen LogP contribution in [0.2, 0.25) is 0 Å². The Balaban J connectivity index is 1.93. The Labute approximate surface area is 127 Å². The lowest BCUT2D eigenvalue weighted by molar-refractivity contribution is 0.460. The van der Waals surface area contributed by atoms with E-state index < -0.39 is 0 Å². The second-order valence-electron chi connectivity index (χ2n) is 5.11. The molecule has 2 N–H and O–H groups in total. The summed E-state index contributed by atoms with van der Waals surface area (Å²) in [6.07, 6.45) is 0. The number of rotatable bonds is 6. The number of benzene rings is 1. The van der Waals surface area contributed by atoms with E-state index in [4.69, 9.17) is 4.42 Å². The molecular formula is C14H19BrN4O. The van der Waals surface area contributed by atoms with Crippen LogP contribution in [0.5, 0.6) is 0 Å². The van der Waals surface area contributed by atoms with Gasteiger partial charge in [0.25, 0.3) is 0 Å². The maximum atomic E-state index is 5.53. The van der Waals surface area contributed by atoms with Crippen molar-refractivity contribution in [3.63, 3.8) is 0 Å². The summed E-state index contributed by atoms with van der Waals surface area (Å²) in [5.74, 6) is 1.18. The minimum absolute atomic E-state index is 0.410. The third kappa shape index (κ3) is 4.31. The van der Waals surface area contributed by atoms with Crippen LogP contribution in [0, 0.1) is 12.8 Å². The number of nitrogens with one attached hydrogen (secondary N) is 2. The summed E-state index contributed by atoms with van der Waals surface area (Å²) in [5, 5.41) is 14.3. The van der Waals surface area contributed by atoms with E-state index in [1.807, 2.05) is 25.1 Å². The van der Waals surface area contributed by atoms with Gasteiger partial charge in [-0.2, -0.15) is 0 Å². The first-order chi connectivity index (χ1) is 9.54. The number of anilines is 2. The minimum atomic E-state index is 0.410. The van der Waals surface area contributed by atoms with E-state index in [-0.39, 0.29) is 0 Å². The average molecular weight is 339 g/mol. The molecule has 0 amide bonds. The summed E-state index contributed by atoms with van der Waals surface area (Å²) in [6, 6.07) is 6.37. The molecule has 0 spiro atoms. The molecular weight excluding hydrogens is 320 g/mol. The van der Waals surface area contributed by atoms with Gasteiger partial charge in [-0.15, -0.1) is 5.10 Å². The predicted molar refractivity (Wildman–Crippen MR) is 83.0 cm³/mol. The zero-order chi connectivity index (χ0) is 14.5. The Hall–Kier alpha value is -1.40. The van der Waals surface area contributed by atoms with E-state index in [1.54, 1.807) is 0 Å². The molecule has 0 bridgehead atoms. The van der Waals surface area contributed by atoms with Crippen molar-refractivity contribution in [1.82, 2.24) is 15.5 Å². The lowest BCUT2D eigenvalue weighted by atomic mass is 10.2. The highest BCUT2D eigenvalue weighted by atomic mass is 79.9. The van der Waals surface area contributed by atoms with Gasteiger partial charge in [-0.05, 0) is 43.1 Å². The van der Waals surface area contributed by atoms with Crippen LogP contribution >= 0.6 is 15.9 Å². The molecule has 0 radical (unpaired) electrons. The molecule has 1 aromatic carbocycles. The number of aromatic nitrogens is 2. The Morgan fingerprint density at radius 2 is 2.10 bits per heavy atom. The van der Waals surface area contributed by atoms with Gasteiger partial charge in [0.2, 0.25) is 5.89 Å². The number of halogens is 1. The summed E-state index contributed by atoms with van der Waals surface area (Å²) in [4.78, 5) is 0. The van der Waals surface area contributed by atoms with Crippen molar-refractivity contribution in [3.05, 3.63) is 34.1 Å². The second-order valence-corrected chi connectivity index (χ2v) is 5.97. The van der Waals surface area contributed by atoms with E-state index >= 15 is 0 Å². The third-order valence-electron chi connectivity index (χ3n) is 2.70. The normalized spacial score (nSPS) is 11.1. The Morgan fingerprint density at radius 3 is 2.80 bits per heavy atom. The highest BCUT2D eigenvalue weighted by molar-refractivity contribution is 9.10. The number of aryl methyl sites for hydroxylation is 1. The monoisotopic (exact) mass is 338 g/mol. The molecule has 0 aliphatic rings. The molecule has 0 saturated carbocycles. The average Bonchev–Trinajstić information content (AvgIpc) is 2.81. The molecule has 1 aromatic heterocycles. The van der Waals surface area contributed by atoms with Crippen LogP contribution in [0.25, 0.3) is 0 Å². The standard InChI is InChI=1S/C14H19BrN4O/c1-9(2)7-16-8-13-18-19-14(20-13)17-11-4-5-12(15)10(3)6-11/h4-6,9,16H,7-8H2,1-3H3,(H,17,19). The molecule has 0 aliphatic heterocycles. The van der Waals surface area contributed by atoms with Crippen molar-refractivity contribution in [3.8, 4) is 0 Å². The smallest absolute Gasteiger partial charge is 0.320 e. The summed E-state index contributed by atoms with van der Waals surface area (Å²) >= 11 is 3.47. The minimum Gasteiger partial charge on any atom is -0.406 e. The molecule has 20 heavy (non-hydrogen) atoms. The first-order valence-electron chi connectivity index (χ1n) is 6.61. The van der Waals surface area contributed by atoms with Crippen molar-refractivity contribution in [2.75, 3.05) is 11.9 Å². The van der Waals surface area contributed by atoms with Crippen molar-refractivity contribution in [1.29, 1.82) is 0 Å². The zero-order valence-electron chi connectivity index (χ0n) is 11.9. The van der Waals surface area contributed by atoms with Crippen LogP contribution in [0.15, 0.2) is 27.1 Å². The molecule has 6 heteroatoms. The third-order valence-corrected chi connectivity index (χ3v) is 3.59. The summed E-state index contributed by atoms with van der Waals surface area (Å²) in [6.45, 7) is 7.86. The molecule has 2 rings (SSSR count). The molecule has 0 unspecified atom stereocenters. The molecule has 1 heterocycles. The Morgan fingerprint density at radius 1 is 1.30 bits per heavy atom. The van der Waals surface area contributed by atoms with Gasteiger partial charge in [0, 0.05) is 10.2 Å². The predicted octanol–water partition coefficient (Wildman–Crippen LogP) is 3.63. The van der Waals surface area contributed by atoms with Gasteiger partial charge in [0.15, 0.2) is 0 Å². The van der Waals surface area contributed by atoms with E-state index in [0.717, 1.165) is 22.3 Å². The molecule has 0 atom stereocenters. The van der Waals surface area contributed by atoms with Crippen molar-refractivity contribution in [2.45, 2.75) is 27.3 Å². The fourth-order valence-electron chi connectivity index (χ4n) is 1.69. The van der Waals surface area contributed by atoms with Crippen molar-refractivity contribution < 1.29 is 4.42 Å². The second kappa shape index (κ2) is 6.85. The van der Waals surface area contributed by atoms with Gasteiger partial charge in [0.1, 0.15) is 0 Å². The van der Waals surface area contributed by atoms with Crippen LogP contribution in [0.1, 0.15) is 25.3 Å². The maximum Gasteiger partial charge on any atom is 0.320 e. The molecule has 0 fully saturated rings. The fourth-order valence-corrected chi connectivity index (χ4v) is 1.94. The first-order valence-corrected chi connectivity index (χ1v) is 7.40. The maximum absolute atomic E-state index is 5.53. The molecule has 108 valence electrons. The van der Waals surface area contributed by atoms with Gasteiger partial charge in [-0.1, -0.05) is 34.9 Å². The zero-order valence-corrected chi connectivity index (χ0v) is 13.5. The molecule has 2 aromatic rings. The number of nitrogens with zero attached hydrogens (tertiary/aromatic N) is 2. The van der Waals surface area contributed by atoms with E-state index in [0.29, 0.717) is 24.4 Å². The van der Waals surface area contributed by atoms with Gasteiger partial charge < -0.3 is 15.1 Å². The summed E-state index contributed by atoms with van der Waals surface area (Å²) < 4.78 is 6.61.